The zero-order chi connectivity index (χ0) is 13.4. The number of rotatable bonds is 1. The van der Waals surface area contributed by atoms with E-state index in [4.69, 9.17) is 0 Å². The molecular weight excluding hydrogens is 220 g/mol. The van der Waals surface area contributed by atoms with Crippen molar-refractivity contribution in [1.29, 1.82) is 0 Å². The predicted octanol–water partition coefficient (Wildman–Crippen LogP) is 4.42. The van der Waals surface area contributed by atoms with Crippen molar-refractivity contribution >= 4 is 0 Å². The van der Waals surface area contributed by atoms with Crippen LogP contribution in [0.15, 0.2) is 24.3 Å². The number of hydrogen-bond donors (Lipinski definition) is 1. The lowest BCUT2D eigenvalue weighted by atomic mass is 9.67. The Morgan fingerprint density at radius 1 is 1.06 bits per heavy atom. The Morgan fingerprint density at radius 3 is 2.00 bits per heavy atom. The van der Waals surface area contributed by atoms with Gasteiger partial charge in [0.25, 0.3) is 0 Å². The first-order chi connectivity index (χ1) is 8.31. The summed E-state index contributed by atoms with van der Waals surface area (Å²) in [6, 6.07) is 8.38. The predicted molar refractivity (Wildman–Crippen MR) is 76.5 cm³/mol. The lowest BCUT2D eigenvalue weighted by Gasteiger charge is -2.41. The lowest BCUT2D eigenvalue weighted by Crippen LogP contribution is -2.35. The van der Waals surface area contributed by atoms with Crippen molar-refractivity contribution < 1.29 is 5.11 Å². The van der Waals surface area contributed by atoms with E-state index in [9.17, 15) is 5.11 Å². The van der Waals surface area contributed by atoms with Crippen LogP contribution in [0.5, 0.6) is 0 Å². The Morgan fingerprint density at radius 2 is 1.56 bits per heavy atom. The molecule has 0 spiro atoms. The SMILES string of the molecule is Cc1ccc(C2(O)CCC(C(C)(C)C)CC2)cc1. The molecule has 0 aromatic heterocycles. The highest BCUT2D eigenvalue weighted by molar-refractivity contribution is 5.27. The average molecular weight is 246 g/mol. The van der Waals surface area contributed by atoms with Gasteiger partial charge in [-0.05, 0) is 49.5 Å². The fourth-order valence-corrected chi connectivity index (χ4v) is 3.11. The second-order valence-corrected chi connectivity index (χ2v) is 7.04. The van der Waals surface area contributed by atoms with E-state index in [1.807, 2.05) is 0 Å². The fraction of sp³-hybridized carbons (Fsp3) is 0.647. The number of hydrogen-bond acceptors (Lipinski definition) is 1. The largest absolute Gasteiger partial charge is 0.385 e. The monoisotopic (exact) mass is 246 g/mol. The number of benzene rings is 1. The first kappa shape index (κ1) is 13.6. The summed E-state index contributed by atoms with van der Waals surface area (Å²) in [6.07, 6.45) is 4.07. The summed E-state index contributed by atoms with van der Waals surface area (Å²) in [5, 5.41) is 10.8. The minimum atomic E-state index is -0.588. The Kier molecular flexibility index (Phi) is 3.55. The molecular formula is C17H26O. The van der Waals surface area contributed by atoms with Gasteiger partial charge in [-0.25, -0.2) is 0 Å². The van der Waals surface area contributed by atoms with Crippen molar-refractivity contribution in [2.24, 2.45) is 11.3 Å². The summed E-state index contributed by atoms with van der Waals surface area (Å²) >= 11 is 0. The highest BCUT2D eigenvalue weighted by Crippen LogP contribution is 2.45. The van der Waals surface area contributed by atoms with Crippen molar-refractivity contribution in [3.63, 3.8) is 0 Å². The minimum Gasteiger partial charge on any atom is -0.385 e. The molecule has 0 amide bonds. The summed E-state index contributed by atoms with van der Waals surface area (Å²) in [7, 11) is 0. The molecule has 1 aromatic rings. The van der Waals surface area contributed by atoms with Crippen LogP contribution >= 0.6 is 0 Å². The van der Waals surface area contributed by atoms with Crippen LogP contribution in [-0.4, -0.2) is 5.11 Å². The topological polar surface area (TPSA) is 20.2 Å². The van der Waals surface area contributed by atoms with Crippen LogP contribution in [0.25, 0.3) is 0 Å². The van der Waals surface area contributed by atoms with E-state index in [1.165, 1.54) is 5.56 Å². The van der Waals surface area contributed by atoms with E-state index >= 15 is 0 Å². The van der Waals surface area contributed by atoms with Crippen molar-refractivity contribution in [3.05, 3.63) is 35.4 Å². The third-order valence-corrected chi connectivity index (χ3v) is 4.63. The van der Waals surface area contributed by atoms with Gasteiger partial charge in [0.2, 0.25) is 0 Å². The Bertz CT molecular complexity index is 389. The van der Waals surface area contributed by atoms with Crippen LogP contribution in [0.1, 0.15) is 57.6 Å². The van der Waals surface area contributed by atoms with Crippen LogP contribution in [0.3, 0.4) is 0 Å². The molecule has 0 aliphatic heterocycles. The maximum atomic E-state index is 10.8. The molecule has 0 radical (unpaired) electrons. The van der Waals surface area contributed by atoms with Gasteiger partial charge in [0.15, 0.2) is 0 Å². The molecule has 1 aliphatic carbocycles. The molecule has 1 fully saturated rings. The molecule has 0 atom stereocenters. The number of aryl methyl sites for hydroxylation is 1. The quantitative estimate of drug-likeness (QED) is 0.777. The summed E-state index contributed by atoms with van der Waals surface area (Å²) in [5.74, 6) is 0.739. The van der Waals surface area contributed by atoms with E-state index in [0.717, 1.165) is 37.2 Å². The second-order valence-electron chi connectivity index (χ2n) is 7.04. The molecule has 0 unspecified atom stereocenters. The van der Waals surface area contributed by atoms with Crippen molar-refractivity contribution in [2.75, 3.05) is 0 Å². The maximum absolute atomic E-state index is 10.8. The van der Waals surface area contributed by atoms with Crippen LogP contribution < -0.4 is 0 Å². The molecule has 100 valence electrons. The van der Waals surface area contributed by atoms with E-state index < -0.39 is 5.60 Å². The van der Waals surface area contributed by atoms with Gasteiger partial charge in [-0.3, -0.25) is 0 Å². The van der Waals surface area contributed by atoms with Gasteiger partial charge >= 0.3 is 0 Å². The Labute approximate surface area is 111 Å². The van der Waals surface area contributed by atoms with E-state index in [0.29, 0.717) is 5.41 Å². The summed E-state index contributed by atoms with van der Waals surface area (Å²) in [4.78, 5) is 0. The van der Waals surface area contributed by atoms with E-state index in [2.05, 4.69) is 52.0 Å². The van der Waals surface area contributed by atoms with Gasteiger partial charge in [0.05, 0.1) is 5.60 Å². The zero-order valence-corrected chi connectivity index (χ0v) is 12.2. The molecule has 1 saturated carbocycles. The van der Waals surface area contributed by atoms with Crippen molar-refractivity contribution in [3.8, 4) is 0 Å². The van der Waals surface area contributed by atoms with Gasteiger partial charge in [0, 0.05) is 0 Å². The van der Waals surface area contributed by atoms with Crippen molar-refractivity contribution in [1.82, 2.24) is 0 Å². The minimum absolute atomic E-state index is 0.370. The first-order valence-corrected chi connectivity index (χ1v) is 7.11. The van der Waals surface area contributed by atoms with Gasteiger partial charge in [0.1, 0.15) is 0 Å². The van der Waals surface area contributed by atoms with Gasteiger partial charge < -0.3 is 5.11 Å². The smallest absolute Gasteiger partial charge is 0.0896 e. The fourth-order valence-electron chi connectivity index (χ4n) is 3.11. The Hall–Kier alpha value is -0.820. The van der Waals surface area contributed by atoms with Gasteiger partial charge in [-0.15, -0.1) is 0 Å². The first-order valence-electron chi connectivity index (χ1n) is 7.11. The maximum Gasteiger partial charge on any atom is 0.0896 e. The zero-order valence-electron chi connectivity index (χ0n) is 12.2. The standard InChI is InChI=1S/C17H26O/c1-13-5-7-15(8-6-13)17(18)11-9-14(10-12-17)16(2,3)4/h5-8,14,18H,9-12H2,1-4H3. The highest BCUT2D eigenvalue weighted by Gasteiger charge is 2.38. The van der Waals surface area contributed by atoms with Gasteiger partial charge in [-0.2, -0.15) is 0 Å². The summed E-state index contributed by atoms with van der Waals surface area (Å²) in [6.45, 7) is 9.03. The molecule has 1 aromatic carbocycles. The highest BCUT2D eigenvalue weighted by atomic mass is 16.3. The van der Waals surface area contributed by atoms with Crippen LogP contribution in [0, 0.1) is 18.3 Å². The van der Waals surface area contributed by atoms with E-state index in [-0.39, 0.29) is 0 Å². The third-order valence-electron chi connectivity index (χ3n) is 4.63. The molecule has 1 aliphatic rings. The van der Waals surface area contributed by atoms with Crippen LogP contribution in [0.2, 0.25) is 0 Å². The molecule has 0 saturated heterocycles. The molecule has 0 heterocycles. The normalized spacial score (nSPS) is 29.3. The van der Waals surface area contributed by atoms with Crippen molar-refractivity contribution in [2.45, 2.75) is 59.0 Å². The average Bonchev–Trinajstić information content (AvgIpc) is 2.29. The third kappa shape index (κ3) is 2.77. The van der Waals surface area contributed by atoms with Crippen LogP contribution in [-0.2, 0) is 5.60 Å². The second kappa shape index (κ2) is 4.70. The summed E-state index contributed by atoms with van der Waals surface area (Å²) < 4.78 is 0. The van der Waals surface area contributed by atoms with Crippen LogP contribution in [0.4, 0.5) is 0 Å². The number of aliphatic hydroxyl groups is 1. The molecule has 18 heavy (non-hydrogen) atoms. The molecule has 1 N–H and O–H groups in total. The molecule has 1 heteroatoms. The van der Waals surface area contributed by atoms with Gasteiger partial charge in [-0.1, -0.05) is 50.6 Å². The molecule has 2 rings (SSSR count). The molecule has 1 nitrogen and oxygen atoms in total. The lowest BCUT2D eigenvalue weighted by molar-refractivity contribution is -0.0298. The van der Waals surface area contributed by atoms with E-state index in [1.54, 1.807) is 0 Å². The molecule has 0 bridgehead atoms. The Balaban J connectivity index is 2.10. The summed E-state index contributed by atoms with van der Waals surface area (Å²) in [5.41, 5.74) is 2.13.